The topological polar surface area (TPSA) is 156 Å². The van der Waals surface area contributed by atoms with Gasteiger partial charge in [-0.3, -0.25) is 25.0 Å². The molecule has 0 bridgehead atoms. The third-order valence-corrected chi connectivity index (χ3v) is 2.93. The quantitative estimate of drug-likeness (QED) is 0.192. The fourth-order valence-corrected chi connectivity index (χ4v) is 1.79. The number of hydrogen-bond donors (Lipinski definition) is 3. The van der Waals surface area contributed by atoms with Crippen molar-refractivity contribution in [3.63, 3.8) is 0 Å². The molecule has 0 aliphatic heterocycles. The molecule has 2 amide bonds. The summed E-state index contributed by atoms with van der Waals surface area (Å²) in [4.78, 5) is 29.9. The van der Waals surface area contributed by atoms with E-state index >= 15 is 0 Å². The minimum Gasteiger partial charge on any atom is -0.512 e. The van der Waals surface area contributed by atoms with Gasteiger partial charge >= 0.3 is 0 Å². The van der Waals surface area contributed by atoms with Crippen LogP contribution in [0.2, 0.25) is 0 Å². The average Bonchev–Trinajstić information content (AvgIpc) is 3.00. The summed E-state index contributed by atoms with van der Waals surface area (Å²) < 4.78 is 0. The van der Waals surface area contributed by atoms with Gasteiger partial charge in [0.25, 0.3) is 5.91 Å². The molecule has 0 radical (unpaired) electrons. The van der Waals surface area contributed by atoms with Gasteiger partial charge in [-0.1, -0.05) is 5.11 Å². The van der Waals surface area contributed by atoms with E-state index in [1.54, 1.807) is 24.4 Å². The largest absolute Gasteiger partial charge is 0.512 e. The minimum atomic E-state index is -0.848. The van der Waals surface area contributed by atoms with Crippen molar-refractivity contribution in [1.29, 1.82) is 0 Å². The zero-order valence-electron chi connectivity index (χ0n) is 12.6. The Morgan fingerprint density at radius 3 is 3.00 bits per heavy atom. The van der Waals surface area contributed by atoms with Gasteiger partial charge in [-0.2, -0.15) is 5.10 Å². The van der Waals surface area contributed by atoms with E-state index in [9.17, 15) is 14.7 Å². The molecule has 0 atom stereocenters. The number of carbonyl (C=O) groups excluding carboxylic acids is 2. The summed E-state index contributed by atoms with van der Waals surface area (Å²) in [5, 5.41) is 22.2. The number of fused-ring (bicyclic) bond motifs is 1. The number of aromatic amines is 1. The molecule has 10 heteroatoms. The maximum absolute atomic E-state index is 12.0. The van der Waals surface area contributed by atoms with Crippen molar-refractivity contribution in [2.45, 2.75) is 6.92 Å². The minimum absolute atomic E-state index is 0.186. The van der Waals surface area contributed by atoms with Crippen molar-refractivity contribution in [2.24, 2.45) is 10.1 Å². The van der Waals surface area contributed by atoms with Crippen molar-refractivity contribution in [3.8, 4) is 0 Å². The van der Waals surface area contributed by atoms with Crippen molar-refractivity contribution in [1.82, 2.24) is 15.5 Å². The maximum Gasteiger partial charge on any atom is 0.262 e. The highest BCUT2D eigenvalue weighted by Crippen LogP contribution is 2.19. The molecule has 10 nitrogen and oxygen atoms in total. The molecule has 2 rings (SSSR count). The standard InChI is InChI=1S/C14H13N7O3/c1-8(22)11(14(24)19-13(23)7-18-21-15)6-16-10-3-2-9-5-17-20-12(9)4-10/h2-6,22H,7H2,1H3,(H,17,20)(H,19,23,24)/b11-8-,16-6?. The number of aromatic nitrogens is 2. The van der Waals surface area contributed by atoms with Crippen LogP contribution in [0.5, 0.6) is 0 Å². The number of H-pyrrole nitrogens is 1. The zero-order valence-corrected chi connectivity index (χ0v) is 12.6. The number of amides is 2. The lowest BCUT2D eigenvalue weighted by Crippen LogP contribution is -2.34. The number of allylic oxidation sites excluding steroid dienone is 1. The molecule has 0 aliphatic rings. The van der Waals surface area contributed by atoms with Gasteiger partial charge in [0, 0.05) is 16.5 Å². The van der Waals surface area contributed by atoms with Crippen molar-refractivity contribution in [3.05, 3.63) is 46.2 Å². The first kappa shape index (κ1) is 16.7. The lowest BCUT2D eigenvalue weighted by atomic mass is 10.2. The number of nitrogens with one attached hydrogen (secondary N) is 2. The monoisotopic (exact) mass is 327 g/mol. The van der Waals surface area contributed by atoms with E-state index in [4.69, 9.17) is 5.53 Å². The predicted molar refractivity (Wildman–Crippen MR) is 86.7 cm³/mol. The maximum atomic E-state index is 12.0. The summed E-state index contributed by atoms with van der Waals surface area (Å²) in [5.74, 6) is -1.95. The Hall–Kier alpha value is -3.65. The summed E-state index contributed by atoms with van der Waals surface area (Å²) in [6.45, 7) is 0.768. The first-order valence-corrected chi connectivity index (χ1v) is 6.73. The summed E-state index contributed by atoms with van der Waals surface area (Å²) in [6, 6.07) is 5.22. The lowest BCUT2D eigenvalue weighted by molar-refractivity contribution is -0.127. The normalized spacial score (nSPS) is 11.9. The van der Waals surface area contributed by atoms with Crippen LogP contribution in [0.1, 0.15) is 6.92 Å². The number of aliphatic imine (C=N–C) groups is 1. The van der Waals surface area contributed by atoms with Gasteiger partial charge in [0.15, 0.2) is 0 Å². The van der Waals surface area contributed by atoms with E-state index in [0.29, 0.717) is 5.69 Å². The Morgan fingerprint density at radius 1 is 1.50 bits per heavy atom. The molecule has 0 saturated heterocycles. The van der Waals surface area contributed by atoms with Crippen molar-refractivity contribution in [2.75, 3.05) is 6.54 Å². The Bertz CT molecular complexity index is 887. The van der Waals surface area contributed by atoms with Crippen LogP contribution in [0.15, 0.2) is 45.8 Å². The van der Waals surface area contributed by atoms with Crippen LogP contribution >= 0.6 is 0 Å². The third kappa shape index (κ3) is 4.18. The molecule has 122 valence electrons. The molecule has 0 spiro atoms. The van der Waals surface area contributed by atoms with Crippen molar-refractivity contribution >= 4 is 34.6 Å². The number of aliphatic hydroxyl groups excluding tert-OH is 1. The van der Waals surface area contributed by atoms with E-state index < -0.39 is 18.4 Å². The van der Waals surface area contributed by atoms with Gasteiger partial charge in [0.2, 0.25) is 5.91 Å². The summed E-state index contributed by atoms with van der Waals surface area (Å²) in [6.07, 6.45) is 2.80. The molecule has 1 aromatic heterocycles. The fraction of sp³-hybridized carbons (Fsp3) is 0.143. The van der Waals surface area contributed by atoms with E-state index in [0.717, 1.165) is 17.1 Å². The number of benzene rings is 1. The molecule has 0 fully saturated rings. The third-order valence-electron chi connectivity index (χ3n) is 2.93. The van der Waals surface area contributed by atoms with Crippen LogP contribution in [0.25, 0.3) is 21.3 Å². The zero-order chi connectivity index (χ0) is 17.5. The fourth-order valence-electron chi connectivity index (χ4n) is 1.79. The Labute approximate surface area is 135 Å². The Morgan fingerprint density at radius 2 is 2.29 bits per heavy atom. The molecule has 24 heavy (non-hydrogen) atoms. The van der Waals surface area contributed by atoms with Gasteiger partial charge in [0.1, 0.15) is 12.3 Å². The SMILES string of the molecule is C/C(O)=C(\C=Nc1ccc2cn[nH]c2c1)C(=O)NC(=O)CN=[N+]=[N-]. The van der Waals surface area contributed by atoms with Crippen LogP contribution in [0, 0.1) is 0 Å². The highest BCUT2D eigenvalue weighted by molar-refractivity contribution is 6.17. The van der Waals surface area contributed by atoms with Gasteiger partial charge in [-0.05, 0) is 30.7 Å². The Kier molecular flexibility index (Phi) is 5.27. The highest BCUT2D eigenvalue weighted by Gasteiger charge is 2.14. The number of nitrogens with zero attached hydrogens (tertiary/aromatic N) is 5. The summed E-state index contributed by atoms with van der Waals surface area (Å²) >= 11 is 0. The lowest BCUT2D eigenvalue weighted by Gasteiger charge is -2.04. The molecular weight excluding hydrogens is 314 g/mol. The first-order chi connectivity index (χ1) is 11.5. The second-order valence-electron chi connectivity index (χ2n) is 4.67. The van der Waals surface area contributed by atoms with Gasteiger partial charge in [-0.25, -0.2) is 0 Å². The smallest absolute Gasteiger partial charge is 0.262 e. The summed E-state index contributed by atoms with van der Waals surface area (Å²) in [5.41, 5.74) is 9.24. The second-order valence-corrected chi connectivity index (χ2v) is 4.67. The van der Waals surface area contributed by atoms with Crippen LogP contribution in [0.4, 0.5) is 5.69 Å². The molecular formula is C14H13N7O3. The Balaban J connectivity index is 2.15. The van der Waals surface area contributed by atoms with E-state index in [1.807, 2.05) is 5.32 Å². The predicted octanol–water partition coefficient (Wildman–Crippen LogP) is 2.05. The van der Waals surface area contributed by atoms with E-state index in [1.165, 1.54) is 6.92 Å². The van der Waals surface area contributed by atoms with E-state index in [-0.39, 0.29) is 11.3 Å². The van der Waals surface area contributed by atoms with Crippen LogP contribution in [0.3, 0.4) is 0 Å². The molecule has 3 N–H and O–H groups in total. The van der Waals surface area contributed by atoms with E-state index in [2.05, 4.69) is 25.2 Å². The number of hydrogen-bond acceptors (Lipinski definition) is 6. The number of rotatable bonds is 5. The van der Waals surface area contributed by atoms with Crippen LogP contribution < -0.4 is 5.32 Å². The summed E-state index contributed by atoms with van der Waals surface area (Å²) in [7, 11) is 0. The number of carbonyl (C=O) groups is 2. The van der Waals surface area contributed by atoms with Crippen molar-refractivity contribution < 1.29 is 14.7 Å². The molecule has 0 aliphatic carbocycles. The highest BCUT2D eigenvalue weighted by atomic mass is 16.3. The second kappa shape index (κ2) is 7.56. The average molecular weight is 327 g/mol. The van der Waals surface area contributed by atoms with Crippen LogP contribution in [-0.4, -0.2) is 39.9 Å². The van der Waals surface area contributed by atoms with Gasteiger partial charge in [-0.15, -0.1) is 0 Å². The van der Waals surface area contributed by atoms with Gasteiger partial charge < -0.3 is 5.11 Å². The number of azide groups is 1. The molecule has 2 aromatic rings. The van der Waals surface area contributed by atoms with Crippen LogP contribution in [-0.2, 0) is 9.59 Å². The number of imide groups is 1. The molecule has 0 unspecified atom stereocenters. The first-order valence-electron chi connectivity index (χ1n) is 6.73. The molecule has 0 saturated carbocycles. The van der Waals surface area contributed by atoms with Gasteiger partial charge in [0.05, 0.1) is 23.0 Å². The molecule has 1 heterocycles. The number of aliphatic hydroxyl groups is 1. The molecule has 1 aromatic carbocycles.